The van der Waals surface area contributed by atoms with Crippen molar-refractivity contribution < 1.29 is 0 Å². The van der Waals surface area contributed by atoms with Crippen LogP contribution in [0.4, 0.5) is 11.5 Å². The van der Waals surface area contributed by atoms with E-state index in [9.17, 15) is 0 Å². The van der Waals surface area contributed by atoms with E-state index < -0.39 is 0 Å². The normalized spacial score (nSPS) is 24.8. The molecule has 0 aromatic carbocycles. The lowest BCUT2D eigenvalue weighted by Gasteiger charge is -2.58. The Kier molecular flexibility index (Phi) is 3.60. The number of anilines is 2. The maximum Gasteiger partial charge on any atom is 0.224 e. The summed E-state index contributed by atoms with van der Waals surface area (Å²) < 4.78 is 0. The van der Waals surface area contributed by atoms with Gasteiger partial charge in [-0.25, -0.2) is 4.98 Å². The van der Waals surface area contributed by atoms with Crippen molar-refractivity contribution >= 4 is 28.9 Å². The summed E-state index contributed by atoms with van der Waals surface area (Å²) in [7, 11) is 0. The van der Waals surface area contributed by atoms with E-state index in [0.717, 1.165) is 30.8 Å². The molecule has 1 spiro atoms. The number of amidine groups is 1. The molecule has 4 rings (SSSR count). The number of aromatic nitrogens is 2. The summed E-state index contributed by atoms with van der Waals surface area (Å²) in [5.74, 6) is 2.10. The molecule has 0 bridgehead atoms. The van der Waals surface area contributed by atoms with E-state index in [1.807, 2.05) is 6.20 Å². The SMILES string of the molecule is CC1=CCC(C)N=C2N1c1cnc(Cl)nc1N(C(C)C)C21CCC1. The predicted octanol–water partition coefficient (Wildman–Crippen LogP) is 4.18. The van der Waals surface area contributed by atoms with Gasteiger partial charge in [0.25, 0.3) is 0 Å². The highest BCUT2D eigenvalue weighted by Gasteiger charge is 2.55. The van der Waals surface area contributed by atoms with Crippen molar-refractivity contribution in [3.05, 3.63) is 23.3 Å². The van der Waals surface area contributed by atoms with Gasteiger partial charge >= 0.3 is 0 Å². The van der Waals surface area contributed by atoms with Gasteiger partial charge in [0.2, 0.25) is 5.28 Å². The zero-order chi connectivity index (χ0) is 17.1. The number of allylic oxidation sites excluding steroid dienone is 1. The van der Waals surface area contributed by atoms with Gasteiger partial charge in [0.15, 0.2) is 5.82 Å². The highest BCUT2D eigenvalue weighted by Crippen LogP contribution is 2.51. The Morgan fingerprint density at radius 1 is 1.33 bits per heavy atom. The second-order valence-electron chi connectivity index (χ2n) is 7.42. The number of rotatable bonds is 1. The van der Waals surface area contributed by atoms with Crippen molar-refractivity contribution in [2.75, 3.05) is 9.80 Å². The lowest BCUT2D eigenvalue weighted by atomic mass is 9.71. The van der Waals surface area contributed by atoms with Gasteiger partial charge in [-0.3, -0.25) is 9.89 Å². The van der Waals surface area contributed by atoms with Crippen molar-refractivity contribution in [1.29, 1.82) is 0 Å². The lowest BCUT2D eigenvalue weighted by molar-refractivity contribution is 0.291. The molecule has 6 heteroatoms. The van der Waals surface area contributed by atoms with Crippen LogP contribution in [0.2, 0.25) is 5.28 Å². The molecule has 1 atom stereocenters. The Morgan fingerprint density at radius 3 is 2.71 bits per heavy atom. The number of halogens is 1. The Hall–Kier alpha value is -1.62. The predicted molar refractivity (Wildman–Crippen MR) is 99.0 cm³/mol. The van der Waals surface area contributed by atoms with Crippen LogP contribution in [0.5, 0.6) is 0 Å². The Morgan fingerprint density at radius 2 is 2.08 bits per heavy atom. The molecule has 1 saturated carbocycles. The van der Waals surface area contributed by atoms with Crippen molar-refractivity contribution in [3.8, 4) is 0 Å². The minimum Gasteiger partial charge on any atom is -0.339 e. The van der Waals surface area contributed by atoms with E-state index in [-0.39, 0.29) is 5.54 Å². The highest BCUT2D eigenvalue weighted by molar-refractivity contribution is 6.28. The van der Waals surface area contributed by atoms with Crippen LogP contribution >= 0.6 is 11.6 Å². The molecule has 0 saturated heterocycles. The summed E-state index contributed by atoms with van der Waals surface area (Å²) in [4.78, 5) is 18.7. The second-order valence-corrected chi connectivity index (χ2v) is 7.75. The largest absolute Gasteiger partial charge is 0.339 e. The van der Waals surface area contributed by atoms with Crippen LogP contribution in [0.15, 0.2) is 23.0 Å². The third kappa shape index (κ3) is 2.10. The fourth-order valence-corrected chi connectivity index (χ4v) is 4.39. The van der Waals surface area contributed by atoms with Crippen molar-refractivity contribution in [2.45, 2.75) is 71.0 Å². The smallest absolute Gasteiger partial charge is 0.224 e. The molecule has 2 aliphatic heterocycles. The first kappa shape index (κ1) is 15.9. The summed E-state index contributed by atoms with van der Waals surface area (Å²) in [6.45, 7) is 8.79. The molecule has 1 aromatic heterocycles. The van der Waals surface area contributed by atoms with E-state index in [4.69, 9.17) is 16.6 Å². The van der Waals surface area contributed by atoms with E-state index in [1.54, 1.807) is 0 Å². The molecule has 1 fully saturated rings. The van der Waals surface area contributed by atoms with Crippen molar-refractivity contribution in [3.63, 3.8) is 0 Å². The average molecular weight is 346 g/mol. The second kappa shape index (κ2) is 5.45. The first-order valence-corrected chi connectivity index (χ1v) is 9.19. The monoisotopic (exact) mass is 345 g/mol. The van der Waals surface area contributed by atoms with E-state index in [0.29, 0.717) is 17.4 Å². The summed E-state index contributed by atoms with van der Waals surface area (Å²) in [6.07, 6.45) is 8.53. The quantitative estimate of drug-likeness (QED) is 0.716. The van der Waals surface area contributed by atoms with Crippen molar-refractivity contribution in [1.82, 2.24) is 9.97 Å². The number of aliphatic imine (C=N–C) groups is 1. The summed E-state index contributed by atoms with van der Waals surface area (Å²) >= 11 is 6.16. The van der Waals surface area contributed by atoms with Crippen molar-refractivity contribution in [2.24, 2.45) is 4.99 Å². The van der Waals surface area contributed by atoms with Gasteiger partial charge in [-0.1, -0.05) is 6.08 Å². The molecule has 5 nitrogen and oxygen atoms in total. The van der Waals surface area contributed by atoms with Gasteiger partial charge in [-0.15, -0.1) is 0 Å². The third-order valence-electron chi connectivity index (χ3n) is 5.43. The van der Waals surface area contributed by atoms with Crippen LogP contribution in [0.1, 0.15) is 53.4 Å². The number of nitrogens with zero attached hydrogens (tertiary/aromatic N) is 5. The molecule has 3 heterocycles. The van der Waals surface area contributed by atoms with E-state index >= 15 is 0 Å². The van der Waals surface area contributed by atoms with Crippen LogP contribution in [0, 0.1) is 0 Å². The fourth-order valence-electron chi connectivity index (χ4n) is 4.26. The molecule has 0 N–H and O–H groups in total. The minimum atomic E-state index is -0.0629. The molecule has 24 heavy (non-hydrogen) atoms. The van der Waals surface area contributed by atoms with E-state index in [1.165, 1.54) is 18.0 Å². The minimum absolute atomic E-state index is 0.0629. The molecule has 1 unspecified atom stereocenters. The third-order valence-corrected chi connectivity index (χ3v) is 5.61. The van der Waals surface area contributed by atoms with Crippen LogP contribution in [0.3, 0.4) is 0 Å². The van der Waals surface area contributed by atoms with Gasteiger partial charge < -0.3 is 4.90 Å². The molecular formula is C18H24ClN5. The summed E-state index contributed by atoms with van der Waals surface area (Å²) in [5, 5.41) is 0.305. The van der Waals surface area contributed by atoms with Gasteiger partial charge in [0.05, 0.1) is 17.8 Å². The maximum absolute atomic E-state index is 6.16. The standard InChI is InChI=1S/C18H24ClN5/c1-11(2)24-15-14(10-20-17(19)22-15)23-13(4)7-6-12(3)21-16(23)18(24)8-5-9-18/h7,10-12H,5-6,8-9H2,1-4H3. The molecule has 1 aromatic rings. The lowest BCUT2D eigenvalue weighted by Crippen LogP contribution is -2.68. The summed E-state index contributed by atoms with van der Waals surface area (Å²) in [6, 6.07) is 0.615. The average Bonchev–Trinajstić information content (AvgIpc) is 2.63. The zero-order valence-corrected chi connectivity index (χ0v) is 15.5. The molecule has 0 amide bonds. The van der Waals surface area contributed by atoms with Gasteiger partial charge in [-0.2, -0.15) is 4.98 Å². The van der Waals surface area contributed by atoms with Crippen LogP contribution in [-0.2, 0) is 0 Å². The van der Waals surface area contributed by atoms with Crippen LogP contribution < -0.4 is 9.80 Å². The van der Waals surface area contributed by atoms with Gasteiger partial charge in [-0.05, 0) is 65.0 Å². The molecule has 128 valence electrons. The molecule has 1 aliphatic carbocycles. The highest BCUT2D eigenvalue weighted by atomic mass is 35.5. The topological polar surface area (TPSA) is 44.6 Å². The zero-order valence-electron chi connectivity index (χ0n) is 14.8. The fraction of sp³-hybridized carbons (Fsp3) is 0.611. The first-order chi connectivity index (χ1) is 11.4. The van der Waals surface area contributed by atoms with E-state index in [2.05, 4.69) is 53.5 Å². The number of hydrogen-bond donors (Lipinski definition) is 0. The van der Waals surface area contributed by atoms with Crippen LogP contribution in [-0.4, -0.2) is 33.4 Å². The Labute approximate surface area is 148 Å². The first-order valence-electron chi connectivity index (χ1n) is 8.81. The Bertz CT molecular complexity index is 735. The van der Waals surface area contributed by atoms with Crippen LogP contribution in [0.25, 0.3) is 0 Å². The maximum atomic E-state index is 6.16. The number of fused-ring (bicyclic) bond motifs is 4. The van der Waals surface area contributed by atoms with Gasteiger partial charge in [0, 0.05) is 11.7 Å². The molecule has 3 aliphatic rings. The number of hydrogen-bond acceptors (Lipinski definition) is 5. The summed E-state index contributed by atoms with van der Waals surface area (Å²) in [5.41, 5.74) is 2.14. The van der Waals surface area contributed by atoms with Gasteiger partial charge in [0.1, 0.15) is 11.5 Å². The Balaban J connectivity index is 2.01. The molecule has 0 radical (unpaired) electrons. The molecular weight excluding hydrogens is 322 g/mol.